The fraction of sp³-hybridized carbons (Fsp3) is 0.588. The molecule has 1 N–H and O–H groups in total. The lowest BCUT2D eigenvalue weighted by atomic mass is 9.84. The van der Waals surface area contributed by atoms with Crippen LogP contribution in [0.4, 0.5) is 8.78 Å². The molecule has 0 aliphatic carbocycles. The van der Waals surface area contributed by atoms with Gasteiger partial charge in [-0.1, -0.05) is 50.1 Å². The van der Waals surface area contributed by atoms with Crippen LogP contribution in [-0.4, -0.2) is 52.1 Å². The Morgan fingerprint density at radius 2 is 1.78 bits per heavy atom. The third-order valence-electron chi connectivity index (χ3n) is 7.93. The van der Waals surface area contributed by atoms with Gasteiger partial charge in [0.05, 0.1) is 11.5 Å². The van der Waals surface area contributed by atoms with Crippen LogP contribution in [-0.2, 0) is 5.41 Å². The van der Waals surface area contributed by atoms with Crippen molar-refractivity contribution in [1.82, 2.24) is 25.4 Å². The Labute approximate surface area is 269 Å². The molecule has 1 aromatic carbocycles. The number of alkyl halides is 1. The number of aromatic nitrogens is 4. The van der Waals surface area contributed by atoms with E-state index >= 15 is 0 Å². The van der Waals surface area contributed by atoms with E-state index in [1.165, 1.54) is 6.07 Å². The number of nitrogens with one attached hydrogen (secondary N) is 1. The van der Waals surface area contributed by atoms with Crippen LogP contribution in [0.5, 0.6) is 11.8 Å². The first-order valence-electron chi connectivity index (χ1n) is 15.8. The molecule has 3 rings (SSSR count). The lowest BCUT2D eigenvalue weighted by molar-refractivity contribution is 0.123. The zero-order chi connectivity index (χ0) is 33.3. The molecule has 0 bridgehead atoms. The minimum Gasteiger partial charge on any atom is -0.474 e. The standard InChI is InChI=1S/C34H50F2N5O3P/c1-10-12-25(16-21(4)15-20(2)3)43-29-18-28(42-23(6)22(5)17-24(35)19-37-9)38-31(39-29)32-40-33(44-41-32)34(7,8)30-26(36)13-11-14-27(30)45/h11,13-14,18,21-25,37H,2,10,12,15-17,19,45H2,1,3-9H3/t21-,22+,23+,24+,25+/m1/s1. The Kier molecular flexibility index (Phi) is 13.4. The Bertz CT molecular complexity index is 1380. The summed E-state index contributed by atoms with van der Waals surface area (Å²) in [5, 5.41) is 7.74. The first kappa shape index (κ1) is 36.5. The summed E-state index contributed by atoms with van der Waals surface area (Å²) in [6.07, 6.45) is 2.41. The second kappa shape index (κ2) is 16.5. The molecule has 0 aliphatic heterocycles. The predicted molar refractivity (Wildman–Crippen MR) is 178 cm³/mol. The smallest absolute Gasteiger partial charge is 0.240 e. The van der Waals surface area contributed by atoms with Gasteiger partial charge in [-0.2, -0.15) is 15.0 Å². The molecule has 0 aliphatic rings. The van der Waals surface area contributed by atoms with Gasteiger partial charge in [0.25, 0.3) is 0 Å². The zero-order valence-corrected chi connectivity index (χ0v) is 29.1. The molecule has 0 spiro atoms. The van der Waals surface area contributed by atoms with Crippen LogP contribution in [0.2, 0.25) is 0 Å². The van der Waals surface area contributed by atoms with Crippen LogP contribution in [0, 0.1) is 17.7 Å². The van der Waals surface area contributed by atoms with Gasteiger partial charge in [-0.25, -0.2) is 8.78 Å². The molecule has 0 amide bonds. The van der Waals surface area contributed by atoms with Gasteiger partial charge in [0, 0.05) is 12.1 Å². The maximum absolute atomic E-state index is 14.9. The molecule has 1 unspecified atom stereocenters. The average molecular weight is 646 g/mol. The normalized spacial score (nSPS) is 15.3. The highest BCUT2D eigenvalue weighted by Crippen LogP contribution is 2.34. The number of hydrogen-bond acceptors (Lipinski definition) is 8. The minimum atomic E-state index is -0.996. The summed E-state index contributed by atoms with van der Waals surface area (Å²) in [6, 6.07) is 6.53. The van der Waals surface area contributed by atoms with Gasteiger partial charge in [0.15, 0.2) is 0 Å². The summed E-state index contributed by atoms with van der Waals surface area (Å²) in [6.45, 7) is 18.2. The van der Waals surface area contributed by atoms with Crippen LogP contribution in [0.15, 0.2) is 40.9 Å². The van der Waals surface area contributed by atoms with E-state index in [0.717, 1.165) is 31.3 Å². The number of halogens is 2. The first-order chi connectivity index (χ1) is 21.2. The van der Waals surface area contributed by atoms with Gasteiger partial charge >= 0.3 is 0 Å². The van der Waals surface area contributed by atoms with E-state index in [4.69, 9.17) is 14.0 Å². The predicted octanol–water partition coefficient (Wildman–Crippen LogP) is 7.38. The van der Waals surface area contributed by atoms with Crippen molar-refractivity contribution >= 4 is 14.5 Å². The van der Waals surface area contributed by atoms with E-state index < -0.39 is 11.6 Å². The van der Waals surface area contributed by atoms with Crippen LogP contribution in [0.25, 0.3) is 11.6 Å². The van der Waals surface area contributed by atoms with E-state index in [0.29, 0.717) is 29.1 Å². The molecule has 0 fully saturated rings. The zero-order valence-electron chi connectivity index (χ0n) is 28.0. The van der Waals surface area contributed by atoms with E-state index in [9.17, 15) is 8.78 Å². The van der Waals surface area contributed by atoms with Crippen molar-refractivity contribution in [3.8, 4) is 23.4 Å². The van der Waals surface area contributed by atoms with Crippen molar-refractivity contribution < 1.29 is 22.8 Å². The van der Waals surface area contributed by atoms with E-state index in [1.54, 1.807) is 19.2 Å². The van der Waals surface area contributed by atoms with Crippen molar-refractivity contribution in [2.75, 3.05) is 13.6 Å². The van der Waals surface area contributed by atoms with Crippen molar-refractivity contribution in [3.05, 3.63) is 53.7 Å². The summed E-state index contributed by atoms with van der Waals surface area (Å²) >= 11 is 0. The number of rotatable bonds is 18. The molecule has 6 atom stereocenters. The monoisotopic (exact) mass is 645 g/mol. The second-order valence-electron chi connectivity index (χ2n) is 12.8. The molecule has 8 nitrogen and oxygen atoms in total. The lowest BCUT2D eigenvalue weighted by Crippen LogP contribution is -2.28. The highest BCUT2D eigenvalue weighted by Gasteiger charge is 2.35. The molecule has 2 aromatic heterocycles. The van der Waals surface area contributed by atoms with Crippen molar-refractivity contribution in [3.63, 3.8) is 0 Å². The van der Waals surface area contributed by atoms with Gasteiger partial charge < -0.3 is 19.3 Å². The Hall–Kier alpha value is -2.97. The fourth-order valence-electron chi connectivity index (χ4n) is 5.55. The van der Waals surface area contributed by atoms with Crippen LogP contribution in [0.1, 0.15) is 92.0 Å². The van der Waals surface area contributed by atoms with E-state index in [1.807, 2.05) is 40.7 Å². The number of hydrogen-bond donors (Lipinski definition) is 1. The summed E-state index contributed by atoms with van der Waals surface area (Å²) < 4.78 is 47.6. The van der Waals surface area contributed by atoms with E-state index in [-0.39, 0.29) is 53.9 Å². The SMILES string of the molecule is C=C(C)C[C@@H](C)C[C@H](CCC)Oc1cc(O[C@@H](C)[C@@H](C)C[C@H](F)CNC)nc(-c2noc(C(C)(C)c3c(F)cccc3P)n2)n1. The fourth-order valence-corrected chi connectivity index (χ4v) is 6.16. The highest BCUT2D eigenvalue weighted by atomic mass is 31.0. The van der Waals surface area contributed by atoms with Crippen molar-refractivity contribution in [2.24, 2.45) is 11.8 Å². The van der Waals surface area contributed by atoms with E-state index in [2.05, 4.69) is 55.1 Å². The molecule has 3 aromatic rings. The maximum Gasteiger partial charge on any atom is 0.240 e. The topological polar surface area (TPSA) is 95.2 Å². The molecule has 0 radical (unpaired) electrons. The number of allylic oxidation sites excluding steroid dienone is 1. The molecule has 248 valence electrons. The third-order valence-corrected chi connectivity index (χ3v) is 8.41. The molecule has 0 saturated heterocycles. The van der Waals surface area contributed by atoms with Crippen LogP contribution < -0.4 is 20.1 Å². The first-order valence-corrected chi connectivity index (χ1v) is 16.4. The van der Waals surface area contributed by atoms with Gasteiger partial charge in [-0.15, -0.1) is 15.8 Å². The van der Waals surface area contributed by atoms with Gasteiger partial charge in [0.2, 0.25) is 29.3 Å². The highest BCUT2D eigenvalue weighted by molar-refractivity contribution is 7.27. The number of nitrogens with zero attached hydrogens (tertiary/aromatic N) is 4. The minimum absolute atomic E-state index is 0.0913. The molecule has 11 heteroatoms. The number of benzene rings is 1. The molecule has 45 heavy (non-hydrogen) atoms. The van der Waals surface area contributed by atoms with Crippen molar-refractivity contribution in [2.45, 2.75) is 104 Å². The Morgan fingerprint density at radius 1 is 1.09 bits per heavy atom. The lowest BCUT2D eigenvalue weighted by Gasteiger charge is -2.24. The third kappa shape index (κ3) is 10.3. The van der Waals surface area contributed by atoms with Crippen LogP contribution >= 0.6 is 9.24 Å². The quantitative estimate of drug-likeness (QED) is 0.113. The van der Waals surface area contributed by atoms with Crippen LogP contribution in [0.3, 0.4) is 0 Å². The Morgan fingerprint density at radius 3 is 2.40 bits per heavy atom. The maximum atomic E-state index is 14.9. The average Bonchev–Trinajstić information content (AvgIpc) is 3.44. The van der Waals surface area contributed by atoms with Crippen molar-refractivity contribution in [1.29, 1.82) is 0 Å². The Balaban J connectivity index is 1.98. The van der Waals surface area contributed by atoms with Gasteiger partial charge in [-0.05, 0) is 83.6 Å². The molecular formula is C34H50F2N5O3P. The molecule has 0 saturated carbocycles. The number of ether oxygens (including phenoxy) is 2. The largest absolute Gasteiger partial charge is 0.474 e. The summed E-state index contributed by atoms with van der Waals surface area (Å²) in [7, 11) is 4.29. The molecule has 2 heterocycles. The summed E-state index contributed by atoms with van der Waals surface area (Å²) in [4.78, 5) is 13.9. The summed E-state index contributed by atoms with van der Waals surface area (Å²) in [5.41, 5.74) is 0.629. The van der Waals surface area contributed by atoms with Gasteiger partial charge in [0.1, 0.15) is 24.2 Å². The molecular weight excluding hydrogens is 595 g/mol. The van der Waals surface area contributed by atoms with Gasteiger partial charge in [-0.3, -0.25) is 0 Å². The summed E-state index contributed by atoms with van der Waals surface area (Å²) in [5.74, 6) is 0.980. The second-order valence-corrected chi connectivity index (χ2v) is 13.5.